The molecular weight excluding hydrogens is 483 g/mol. The molecule has 0 unspecified atom stereocenters. The first-order valence-corrected chi connectivity index (χ1v) is 12.1. The summed E-state index contributed by atoms with van der Waals surface area (Å²) in [7, 11) is 1.47. The molecule has 6 nitrogen and oxygen atoms in total. The highest BCUT2D eigenvalue weighted by Gasteiger charge is 2.34. The fourth-order valence-electron chi connectivity index (χ4n) is 5.16. The van der Waals surface area contributed by atoms with Crippen LogP contribution in [0.15, 0.2) is 77.6 Å². The average molecular weight is 510 g/mol. The van der Waals surface area contributed by atoms with Crippen LogP contribution < -0.4 is 10.4 Å². The van der Waals surface area contributed by atoms with E-state index in [4.69, 9.17) is 4.74 Å². The number of hydrogen-bond acceptors (Lipinski definition) is 3. The molecular formula is C28H26F3N3O3. The molecule has 1 aliphatic rings. The number of piperidine rings is 1. The number of methoxy groups -OCH3 is 1. The number of carbonyl (C=O) groups excluding carboxylic acids is 1. The number of rotatable bonds is 5. The number of imidazole rings is 1. The number of ether oxygens (including phenoxy) is 1. The first-order valence-electron chi connectivity index (χ1n) is 12.1. The van der Waals surface area contributed by atoms with E-state index >= 15 is 0 Å². The van der Waals surface area contributed by atoms with Gasteiger partial charge in [-0.15, -0.1) is 0 Å². The Morgan fingerprint density at radius 2 is 1.62 bits per heavy atom. The van der Waals surface area contributed by atoms with Crippen molar-refractivity contribution in [2.45, 2.75) is 31.6 Å². The number of benzene rings is 3. The van der Waals surface area contributed by atoms with Crippen LogP contribution in [0.1, 0.15) is 40.4 Å². The topological polar surface area (TPSA) is 56.5 Å². The first kappa shape index (κ1) is 24.7. The van der Waals surface area contributed by atoms with Gasteiger partial charge in [0.25, 0.3) is 5.91 Å². The summed E-state index contributed by atoms with van der Waals surface area (Å²) >= 11 is 0. The van der Waals surface area contributed by atoms with Gasteiger partial charge < -0.3 is 9.64 Å². The summed E-state index contributed by atoms with van der Waals surface area (Å²) in [6.07, 6.45) is -3.44. The van der Waals surface area contributed by atoms with E-state index in [9.17, 15) is 22.8 Å². The predicted molar refractivity (Wildman–Crippen MR) is 134 cm³/mol. The van der Waals surface area contributed by atoms with E-state index in [-0.39, 0.29) is 24.1 Å². The van der Waals surface area contributed by atoms with Crippen molar-refractivity contribution in [1.82, 2.24) is 14.0 Å². The Morgan fingerprint density at radius 3 is 2.30 bits per heavy atom. The van der Waals surface area contributed by atoms with Crippen LogP contribution in [0, 0.1) is 0 Å². The lowest BCUT2D eigenvalue weighted by molar-refractivity contribution is -0.138. The highest BCUT2D eigenvalue weighted by atomic mass is 19.4. The molecule has 1 saturated heterocycles. The Bertz CT molecular complexity index is 1480. The fraction of sp³-hybridized carbons (Fsp3) is 0.286. The lowest BCUT2D eigenvalue weighted by atomic mass is 10.0. The zero-order chi connectivity index (χ0) is 26.2. The van der Waals surface area contributed by atoms with Crippen molar-refractivity contribution in [2.24, 2.45) is 0 Å². The maximum Gasteiger partial charge on any atom is 0.416 e. The zero-order valence-corrected chi connectivity index (χ0v) is 20.2. The molecule has 9 heteroatoms. The van der Waals surface area contributed by atoms with Gasteiger partial charge in [-0.2, -0.15) is 13.2 Å². The van der Waals surface area contributed by atoms with E-state index in [1.54, 1.807) is 39.8 Å². The molecule has 1 fully saturated rings. The van der Waals surface area contributed by atoms with E-state index in [0.717, 1.165) is 6.07 Å². The van der Waals surface area contributed by atoms with E-state index in [2.05, 4.69) is 0 Å². The summed E-state index contributed by atoms with van der Waals surface area (Å²) in [5.74, 6) is 0.355. The summed E-state index contributed by atoms with van der Waals surface area (Å²) in [6, 6.07) is 19.4. The predicted octanol–water partition coefficient (Wildman–Crippen LogP) is 5.36. The first-order chi connectivity index (χ1) is 17.8. The SMILES string of the molecule is COc1cccc2c1n(Cc1ccccc1C(F)(F)F)c(=O)n2C1CCN(C(=O)c2ccccc2)CC1. The van der Waals surface area contributed by atoms with Gasteiger partial charge >= 0.3 is 11.9 Å². The molecule has 0 spiro atoms. The number of para-hydroxylation sites is 1. The molecule has 1 aliphatic heterocycles. The number of likely N-dealkylation sites (tertiary alicyclic amines) is 1. The monoisotopic (exact) mass is 509 g/mol. The second kappa shape index (κ2) is 9.80. The Balaban J connectivity index is 1.51. The minimum atomic E-state index is -4.54. The number of amides is 1. The van der Waals surface area contributed by atoms with Crippen LogP contribution in [0.4, 0.5) is 13.2 Å². The fourth-order valence-corrected chi connectivity index (χ4v) is 5.16. The van der Waals surface area contributed by atoms with Crippen LogP contribution >= 0.6 is 0 Å². The van der Waals surface area contributed by atoms with Gasteiger partial charge in [0.15, 0.2) is 0 Å². The smallest absolute Gasteiger partial charge is 0.416 e. The molecule has 1 aromatic heterocycles. The Kier molecular flexibility index (Phi) is 6.54. The molecule has 3 aromatic carbocycles. The average Bonchev–Trinajstić information content (AvgIpc) is 3.19. The van der Waals surface area contributed by atoms with E-state index in [0.29, 0.717) is 48.3 Å². The largest absolute Gasteiger partial charge is 0.494 e. The van der Waals surface area contributed by atoms with Gasteiger partial charge in [-0.1, -0.05) is 42.5 Å². The zero-order valence-electron chi connectivity index (χ0n) is 20.2. The third-order valence-electron chi connectivity index (χ3n) is 6.95. The van der Waals surface area contributed by atoms with Gasteiger partial charge in [0.05, 0.1) is 24.7 Å². The quantitative estimate of drug-likeness (QED) is 0.364. The van der Waals surface area contributed by atoms with Gasteiger partial charge in [0, 0.05) is 24.7 Å². The second-order valence-corrected chi connectivity index (χ2v) is 9.11. The van der Waals surface area contributed by atoms with Crippen molar-refractivity contribution in [3.05, 3.63) is 100.0 Å². The van der Waals surface area contributed by atoms with Crippen LogP contribution in [-0.2, 0) is 12.7 Å². The van der Waals surface area contributed by atoms with Gasteiger partial charge in [-0.3, -0.25) is 13.9 Å². The molecule has 2 heterocycles. The lowest BCUT2D eigenvalue weighted by Gasteiger charge is -2.32. The molecule has 4 aromatic rings. The van der Waals surface area contributed by atoms with E-state index in [1.807, 2.05) is 18.2 Å². The summed E-state index contributed by atoms with van der Waals surface area (Å²) < 4.78 is 49.6. The number of alkyl halides is 3. The molecule has 0 atom stereocenters. The molecule has 0 aliphatic carbocycles. The van der Waals surface area contributed by atoms with Gasteiger partial charge in [0.1, 0.15) is 11.3 Å². The molecule has 1 amide bonds. The van der Waals surface area contributed by atoms with Crippen LogP contribution in [0.3, 0.4) is 0 Å². The number of hydrogen-bond donors (Lipinski definition) is 0. The number of nitrogens with zero attached hydrogens (tertiary/aromatic N) is 3. The Morgan fingerprint density at radius 1 is 0.946 bits per heavy atom. The maximum absolute atomic E-state index is 13.8. The van der Waals surface area contributed by atoms with Crippen molar-refractivity contribution in [3.63, 3.8) is 0 Å². The van der Waals surface area contributed by atoms with Crippen LogP contribution in [0.5, 0.6) is 5.75 Å². The molecule has 0 saturated carbocycles. The van der Waals surface area contributed by atoms with Crippen LogP contribution in [0.25, 0.3) is 11.0 Å². The van der Waals surface area contributed by atoms with Gasteiger partial charge in [-0.05, 0) is 48.7 Å². The van der Waals surface area contributed by atoms with Crippen molar-refractivity contribution in [2.75, 3.05) is 20.2 Å². The molecule has 5 rings (SSSR count). The number of aromatic nitrogens is 2. The maximum atomic E-state index is 13.8. The van der Waals surface area contributed by atoms with Crippen molar-refractivity contribution >= 4 is 16.9 Å². The van der Waals surface area contributed by atoms with Crippen molar-refractivity contribution in [1.29, 1.82) is 0 Å². The van der Waals surface area contributed by atoms with Crippen LogP contribution in [0.2, 0.25) is 0 Å². The summed E-state index contributed by atoms with van der Waals surface area (Å²) in [6.45, 7) is 0.695. The van der Waals surface area contributed by atoms with Crippen LogP contribution in [-0.4, -0.2) is 40.1 Å². The summed E-state index contributed by atoms with van der Waals surface area (Å²) in [4.78, 5) is 28.4. The number of carbonyl (C=O) groups is 1. The standard InChI is InChI=1S/C28H26F3N3O3/c1-37-24-13-7-12-23-25(24)33(18-20-10-5-6-11-22(20)28(29,30)31)27(36)34(23)21-14-16-32(17-15-21)26(35)19-8-3-2-4-9-19/h2-13,21H,14-18H2,1H3. The second-order valence-electron chi connectivity index (χ2n) is 9.11. The molecule has 37 heavy (non-hydrogen) atoms. The molecule has 0 radical (unpaired) electrons. The third kappa shape index (κ3) is 4.61. The third-order valence-corrected chi connectivity index (χ3v) is 6.95. The summed E-state index contributed by atoms with van der Waals surface area (Å²) in [5, 5.41) is 0. The minimum Gasteiger partial charge on any atom is -0.494 e. The highest BCUT2D eigenvalue weighted by Crippen LogP contribution is 2.34. The molecule has 192 valence electrons. The molecule has 0 bridgehead atoms. The minimum absolute atomic E-state index is 0.00494. The van der Waals surface area contributed by atoms with Crippen molar-refractivity contribution in [3.8, 4) is 5.75 Å². The van der Waals surface area contributed by atoms with Gasteiger partial charge in [-0.25, -0.2) is 4.79 Å². The summed E-state index contributed by atoms with van der Waals surface area (Å²) in [5.41, 5.74) is 0.499. The van der Waals surface area contributed by atoms with Crippen molar-refractivity contribution < 1.29 is 22.7 Å². The number of fused-ring (bicyclic) bond motifs is 1. The Labute approximate surface area is 211 Å². The molecule has 0 N–H and O–H groups in total. The number of halogens is 3. The van der Waals surface area contributed by atoms with E-state index < -0.39 is 17.4 Å². The lowest BCUT2D eigenvalue weighted by Crippen LogP contribution is -2.41. The Hall–Kier alpha value is -4.01. The van der Waals surface area contributed by atoms with Gasteiger partial charge in [0.2, 0.25) is 0 Å². The highest BCUT2D eigenvalue weighted by molar-refractivity contribution is 5.94. The normalized spacial score (nSPS) is 14.8. The van der Waals surface area contributed by atoms with E-state index in [1.165, 1.54) is 29.9 Å².